The molecule has 8 nitrogen and oxygen atoms in total. The number of anilines is 1. The Kier molecular flexibility index (Phi) is 5.56. The van der Waals surface area contributed by atoms with Crippen LogP contribution >= 0.6 is 0 Å². The van der Waals surface area contributed by atoms with Gasteiger partial charge in [-0.25, -0.2) is 10.1 Å². The Bertz CT molecular complexity index is 875. The van der Waals surface area contributed by atoms with Gasteiger partial charge in [0.25, 0.3) is 0 Å². The predicted octanol–water partition coefficient (Wildman–Crippen LogP) is 1.92. The van der Waals surface area contributed by atoms with E-state index in [1.165, 1.54) is 6.21 Å². The molecule has 1 aromatic heterocycles. The topological polar surface area (TPSA) is 116 Å². The van der Waals surface area contributed by atoms with Gasteiger partial charge >= 0.3 is 0 Å². The summed E-state index contributed by atoms with van der Waals surface area (Å²) in [4.78, 5) is 11.7. The van der Waals surface area contributed by atoms with Gasteiger partial charge in [-0.3, -0.25) is 4.79 Å². The molecule has 0 fully saturated rings. The maximum Gasteiger partial charge on any atom is 0.246 e. The fraction of sp³-hybridized carbons (Fsp3) is 0.111. The van der Waals surface area contributed by atoms with Gasteiger partial charge < -0.3 is 10.5 Å². The molecule has 8 heteroatoms. The van der Waals surface area contributed by atoms with Crippen LogP contribution in [0.15, 0.2) is 64.3 Å². The van der Waals surface area contributed by atoms with Crippen LogP contribution in [0.1, 0.15) is 16.8 Å². The van der Waals surface area contributed by atoms with E-state index in [1.54, 1.807) is 0 Å². The lowest BCUT2D eigenvalue weighted by Crippen LogP contribution is -2.20. The Morgan fingerprint density at radius 2 is 1.92 bits per heavy atom. The second kappa shape index (κ2) is 8.43. The number of hydrogen-bond acceptors (Lipinski definition) is 7. The standard InChI is InChI=1S/C18H17N5O3/c19-18-16(22-26-23-18)10-17(24)21-20-11-13-6-8-15(9-7-13)25-12-14-4-2-1-3-5-14/h1-9,11H,10,12H2,(H2,19,23)(H,21,24)/b20-11-. The molecule has 0 radical (unpaired) electrons. The molecule has 0 bridgehead atoms. The molecule has 0 atom stereocenters. The van der Waals surface area contributed by atoms with Gasteiger partial charge in [-0.2, -0.15) is 5.10 Å². The lowest BCUT2D eigenvalue weighted by atomic mass is 10.2. The number of nitrogens with two attached hydrogens (primary N) is 1. The monoisotopic (exact) mass is 351 g/mol. The van der Waals surface area contributed by atoms with Crippen LogP contribution in [0.2, 0.25) is 0 Å². The summed E-state index contributed by atoms with van der Waals surface area (Å²) in [6, 6.07) is 17.3. The lowest BCUT2D eigenvalue weighted by molar-refractivity contribution is -0.120. The average Bonchev–Trinajstić information content (AvgIpc) is 3.06. The zero-order chi connectivity index (χ0) is 18.2. The first kappa shape index (κ1) is 17.2. The number of amides is 1. The Hall–Kier alpha value is -3.68. The second-order valence-electron chi connectivity index (χ2n) is 5.41. The molecule has 1 heterocycles. The van der Waals surface area contributed by atoms with Crippen molar-refractivity contribution < 1.29 is 14.2 Å². The lowest BCUT2D eigenvalue weighted by Gasteiger charge is -2.06. The Morgan fingerprint density at radius 1 is 1.15 bits per heavy atom. The van der Waals surface area contributed by atoms with E-state index in [2.05, 4.69) is 25.5 Å². The smallest absolute Gasteiger partial charge is 0.246 e. The third-order valence-electron chi connectivity index (χ3n) is 3.45. The van der Waals surface area contributed by atoms with Crippen molar-refractivity contribution in [3.05, 3.63) is 71.4 Å². The molecule has 26 heavy (non-hydrogen) atoms. The first-order chi connectivity index (χ1) is 12.7. The molecular formula is C18H17N5O3. The third kappa shape index (κ3) is 4.91. The van der Waals surface area contributed by atoms with Crippen LogP contribution in [-0.4, -0.2) is 22.4 Å². The maximum absolute atomic E-state index is 11.7. The molecular weight excluding hydrogens is 334 g/mol. The molecule has 132 valence electrons. The molecule has 0 aliphatic heterocycles. The maximum atomic E-state index is 11.7. The van der Waals surface area contributed by atoms with E-state index in [0.29, 0.717) is 6.61 Å². The minimum Gasteiger partial charge on any atom is -0.489 e. The molecule has 1 amide bonds. The number of hydrazone groups is 1. The Labute approximate surface area is 149 Å². The van der Waals surface area contributed by atoms with E-state index in [4.69, 9.17) is 10.5 Å². The van der Waals surface area contributed by atoms with Crippen LogP contribution in [0.4, 0.5) is 5.82 Å². The normalized spacial score (nSPS) is 10.8. The van der Waals surface area contributed by atoms with E-state index < -0.39 is 0 Å². The Morgan fingerprint density at radius 3 is 2.62 bits per heavy atom. The number of carbonyl (C=O) groups is 1. The van der Waals surface area contributed by atoms with Gasteiger partial charge in [0.2, 0.25) is 5.91 Å². The predicted molar refractivity (Wildman–Crippen MR) is 95.4 cm³/mol. The van der Waals surface area contributed by atoms with Crippen molar-refractivity contribution in [1.82, 2.24) is 15.7 Å². The van der Waals surface area contributed by atoms with Crippen LogP contribution in [0, 0.1) is 0 Å². The summed E-state index contributed by atoms with van der Waals surface area (Å²) in [5.41, 5.74) is 10.1. The number of nitrogens with zero attached hydrogens (tertiary/aromatic N) is 3. The van der Waals surface area contributed by atoms with Crippen LogP contribution in [0.5, 0.6) is 5.75 Å². The van der Waals surface area contributed by atoms with E-state index in [0.717, 1.165) is 16.9 Å². The number of hydrogen-bond donors (Lipinski definition) is 2. The summed E-state index contributed by atoms with van der Waals surface area (Å²) in [6.45, 7) is 0.504. The summed E-state index contributed by atoms with van der Waals surface area (Å²) in [5, 5.41) is 10.8. The summed E-state index contributed by atoms with van der Waals surface area (Å²) in [7, 11) is 0. The van der Waals surface area contributed by atoms with Crippen molar-refractivity contribution in [3.63, 3.8) is 0 Å². The molecule has 0 saturated carbocycles. The third-order valence-corrected chi connectivity index (χ3v) is 3.45. The molecule has 2 aromatic carbocycles. The molecule has 0 unspecified atom stereocenters. The number of nitrogen functional groups attached to an aromatic ring is 1. The number of benzene rings is 2. The van der Waals surface area contributed by atoms with Crippen molar-refractivity contribution >= 4 is 17.9 Å². The van der Waals surface area contributed by atoms with E-state index in [1.807, 2.05) is 54.6 Å². The number of carbonyl (C=O) groups excluding carboxylic acids is 1. The highest BCUT2D eigenvalue weighted by molar-refractivity contribution is 5.83. The molecule has 3 rings (SSSR count). The number of aromatic nitrogens is 2. The molecule has 3 N–H and O–H groups in total. The van der Waals surface area contributed by atoms with Gasteiger partial charge in [0.05, 0.1) is 12.6 Å². The quantitative estimate of drug-likeness (QED) is 0.496. The summed E-state index contributed by atoms with van der Waals surface area (Å²) < 4.78 is 10.1. The first-order valence-electron chi connectivity index (χ1n) is 7.86. The fourth-order valence-corrected chi connectivity index (χ4v) is 2.10. The van der Waals surface area contributed by atoms with Crippen molar-refractivity contribution in [2.24, 2.45) is 5.10 Å². The van der Waals surface area contributed by atoms with Crippen LogP contribution < -0.4 is 15.9 Å². The van der Waals surface area contributed by atoms with Crippen LogP contribution in [0.3, 0.4) is 0 Å². The van der Waals surface area contributed by atoms with Gasteiger partial charge in [-0.05, 0) is 40.5 Å². The van der Waals surface area contributed by atoms with Crippen molar-refractivity contribution in [2.45, 2.75) is 13.0 Å². The highest BCUT2D eigenvalue weighted by atomic mass is 16.6. The summed E-state index contributed by atoms with van der Waals surface area (Å²) >= 11 is 0. The highest BCUT2D eigenvalue weighted by Gasteiger charge is 2.10. The molecule has 0 aliphatic rings. The molecule has 0 saturated heterocycles. The summed E-state index contributed by atoms with van der Waals surface area (Å²) in [6.07, 6.45) is 1.47. The number of ether oxygens (including phenoxy) is 1. The van der Waals surface area contributed by atoms with Crippen LogP contribution in [0.25, 0.3) is 0 Å². The van der Waals surface area contributed by atoms with Gasteiger partial charge in [-0.1, -0.05) is 35.5 Å². The average molecular weight is 351 g/mol. The van der Waals surface area contributed by atoms with Crippen molar-refractivity contribution in [1.29, 1.82) is 0 Å². The second-order valence-corrected chi connectivity index (χ2v) is 5.41. The molecule has 0 spiro atoms. The van der Waals surface area contributed by atoms with Crippen molar-refractivity contribution in [3.8, 4) is 5.75 Å². The zero-order valence-corrected chi connectivity index (χ0v) is 13.8. The van der Waals surface area contributed by atoms with E-state index >= 15 is 0 Å². The number of rotatable bonds is 7. The highest BCUT2D eigenvalue weighted by Crippen LogP contribution is 2.13. The fourth-order valence-electron chi connectivity index (χ4n) is 2.10. The Balaban J connectivity index is 1.47. The van der Waals surface area contributed by atoms with Gasteiger partial charge in [0, 0.05) is 0 Å². The minimum absolute atomic E-state index is 0.0566. The van der Waals surface area contributed by atoms with E-state index in [9.17, 15) is 4.79 Å². The largest absolute Gasteiger partial charge is 0.489 e. The summed E-state index contributed by atoms with van der Waals surface area (Å²) in [5.74, 6) is 0.478. The van der Waals surface area contributed by atoms with Crippen molar-refractivity contribution in [2.75, 3.05) is 5.73 Å². The van der Waals surface area contributed by atoms with Gasteiger partial charge in [-0.15, -0.1) is 0 Å². The minimum atomic E-state index is -0.369. The number of nitrogens with one attached hydrogen (secondary N) is 1. The molecule has 0 aliphatic carbocycles. The van der Waals surface area contributed by atoms with Gasteiger partial charge in [0.15, 0.2) is 5.82 Å². The van der Waals surface area contributed by atoms with E-state index in [-0.39, 0.29) is 23.8 Å². The van der Waals surface area contributed by atoms with Gasteiger partial charge in [0.1, 0.15) is 18.1 Å². The molecule has 3 aromatic rings. The van der Waals surface area contributed by atoms with Crippen LogP contribution in [-0.2, 0) is 17.8 Å². The SMILES string of the molecule is Nc1nonc1CC(=O)N/N=C\c1ccc(OCc2ccccc2)cc1. The zero-order valence-electron chi connectivity index (χ0n) is 13.8. The first-order valence-corrected chi connectivity index (χ1v) is 7.86.